The Bertz CT molecular complexity index is 376. The van der Waals surface area contributed by atoms with Crippen molar-refractivity contribution in [3.63, 3.8) is 0 Å². The van der Waals surface area contributed by atoms with E-state index in [-0.39, 0.29) is 12.2 Å². The molecule has 0 aromatic carbocycles. The third-order valence-corrected chi connectivity index (χ3v) is 1.20. The smallest absolute Gasteiger partial charge is 0.315 e. The first-order chi connectivity index (χ1) is 6.18. The number of aromatic nitrogens is 1. The average Bonchev–Trinajstić information content (AvgIpc) is 2.03. The fourth-order valence-electron chi connectivity index (χ4n) is 0.718. The fraction of sp³-hybridized carbons (Fsp3) is 0.111. The van der Waals surface area contributed by atoms with Crippen LogP contribution < -0.4 is 0 Å². The van der Waals surface area contributed by atoms with Gasteiger partial charge in [-0.15, -0.1) is 0 Å². The number of aliphatic carboxylic acids is 1. The molecule has 13 heavy (non-hydrogen) atoms. The first-order valence-corrected chi connectivity index (χ1v) is 3.53. The van der Waals surface area contributed by atoms with E-state index in [0.29, 0.717) is 5.56 Å². The monoisotopic (exact) mass is 177 g/mol. The Morgan fingerprint density at radius 1 is 1.54 bits per heavy atom. The summed E-state index contributed by atoms with van der Waals surface area (Å²) in [6.45, 7) is 0. The van der Waals surface area contributed by atoms with Crippen LogP contribution in [0.1, 0.15) is 12.0 Å². The van der Waals surface area contributed by atoms with E-state index in [1.165, 1.54) is 18.5 Å². The lowest BCUT2D eigenvalue weighted by molar-refractivity contribution is -0.135. The van der Waals surface area contributed by atoms with Gasteiger partial charge in [-0.05, 0) is 6.07 Å². The van der Waals surface area contributed by atoms with Gasteiger partial charge in [0.1, 0.15) is 12.2 Å². The van der Waals surface area contributed by atoms with Gasteiger partial charge in [0.2, 0.25) is 0 Å². The van der Waals surface area contributed by atoms with Crippen molar-refractivity contribution < 1.29 is 15.0 Å². The lowest BCUT2D eigenvalue weighted by Gasteiger charge is -1.90. The van der Waals surface area contributed by atoms with Crippen molar-refractivity contribution in [3.05, 3.63) is 24.0 Å². The molecule has 1 aromatic rings. The van der Waals surface area contributed by atoms with Crippen LogP contribution in [0, 0.1) is 11.8 Å². The summed E-state index contributed by atoms with van der Waals surface area (Å²) in [6.07, 6.45) is 2.52. The van der Waals surface area contributed by atoms with E-state index in [4.69, 9.17) is 10.2 Å². The number of hydrogen-bond donors (Lipinski definition) is 2. The largest absolute Gasteiger partial charge is 0.506 e. The van der Waals surface area contributed by atoms with Gasteiger partial charge in [-0.25, -0.2) is 0 Å². The predicted molar refractivity (Wildman–Crippen MR) is 45.0 cm³/mol. The van der Waals surface area contributed by atoms with E-state index in [1.807, 2.05) is 0 Å². The minimum atomic E-state index is -0.972. The van der Waals surface area contributed by atoms with E-state index >= 15 is 0 Å². The maximum Gasteiger partial charge on any atom is 0.315 e. The van der Waals surface area contributed by atoms with Crippen molar-refractivity contribution in [2.24, 2.45) is 0 Å². The Labute approximate surface area is 74.9 Å². The average molecular weight is 177 g/mol. The summed E-state index contributed by atoms with van der Waals surface area (Å²) in [5.41, 5.74) is 0.501. The van der Waals surface area contributed by atoms with Crippen LogP contribution >= 0.6 is 0 Å². The summed E-state index contributed by atoms with van der Waals surface area (Å²) in [6, 6.07) is 1.42. The highest BCUT2D eigenvalue weighted by atomic mass is 16.4. The number of rotatable bonds is 1. The molecule has 1 rings (SSSR count). The molecule has 4 nitrogen and oxygen atoms in total. The minimum absolute atomic E-state index is 0.0159. The Morgan fingerprint density at radius 2 is 2.31 bits per heavy atom. The second-order valence-electron chi connectivity index (χ2n) is 2.30. The van der Waals surface area contributed by atoms with Crippen LogP contribution in [0.25, 0.3) is 0 Å². The number of aromatic hydroxyl groups is 1. The van der Waals surface area contributed by atoms with Gasteiger partial charge in [-0.1, -0.05) is 11.8 Å². The number of carboxylic acid groups (broad SMARTS) is 1. The van der Waals surface area contributed by atoms with Crippen molar-refractivity contribution in [2.45, 2.75) is 6.42 Å². The summed E-state index contributed by atoms with van der Waals surface area (Å²) >= 11 is 0. The van der Waals surface area contributed by atoms with Crippen molar-refractivity contribution in [3.8, 4) is 17.6 Å². The van der Waals surface area contributed by atoms with Crippen molar-refractivity contribution in [1.29, 1.82) is 0 Å². The van der Waals surface area contributed by atoms with E-state index in [0.717, 1.165) is 0 Å². The van der Waals surface area contributed by atoms with Crippen LogP contribution in [0.15, 0.2) is 18.5 Å². The summed E-state index contributed by atoms with van der Waals surface area (Å²) in [4.78, 5) is 13.8. The van der Waals surface area contributed by atoms with Crippen LogP contribution in [-0.4, -0.2) is 21.2 Å². The van der Waals surface area contributed by atoms with Gasteiger partial charge in [-0.2, -0.15) is 0 Å². The standard InChI is InChI=1S/C9H7NO3/c11-8-4-7(5-10-6-8)2-1-3-9(12)13/h4-6,11H,3H2,(H,12,13). The molecule has 0 aliphatic carbocycles. The molecule has 0 atom stereocenters. The highest BCUT2D eigenvalue weighted by molar-refractivity contribution is 5.70. The third-order valence-electron chi connectivity index (χ3n) is 1.20. The third kappa shape index (κ3) is 3.25. The molecule has 0 saturated heterocycles. The molecule has 0 saturated carbocycles. The highest BCUT2D eigenvalue weighted by Gasteiger charge is 1.91. The second-order valence-corrected chi connectivity index (χ2v) is 2.30. The molecule has 0 aliphatic heterocycles. The normalized spacial score (nSPS) is 8.62. The van der Waals surface area contributed by atoms with Gasteiger partial charge in [-0.3, -0.25) is 9.78 Å². The van der Waals surface area contributed by atoms with Crippen LogP contribution in [-0.2, 0) is 4.79 Å². The van der Waals surface area contributed by atoms with E-state index < -0.39 is 5.97 Å². The first kappa shape index (κ1) is 9.07. The molecular formula is C9H7NO3. The molecule has 0 aliphatic rings. The van der Waals surface area contributed by atoms with Gasteiger partial charge < -0.3 is 10.2 Å². The number of nitrogens with zero attached hydrogens (tertiary/aromatic N) is 1. The molecule has 2 N–H and O–H groups in total. The highest BCUT2D eigenvalue weighted by Crippen LogP contribution is 2.06. The van der Waals surface area contributed by atoms with Gasteiger partial charge in [0.25, 0.3) is 0 Å². The summed E-state index contributed by atoms with van der Waals surface area (Å²) in [7, 11) is 0. The molecular weight excluding hydrogens is 170 g/mol. The summed E-state index contributed by atoms with van der Waals surface area (Å²) in [5.74, 6) is 4.04. The van der Waals surface area contributed by atoms with Crippen LogP contribution in [0.3, 0.4) is 0 Å². The number of hydrogen-bond acceptors (Lipinski definition) is 3. The van der Waals surface area contributed by atoms with E-state index in [2.05, 4.69) is 16.8 Å². The van der Waals surface area contributed by atoms with Crippen LogP contribution in [0.4, 0.5) is 0 Å². The Kier molecular flexibility index (Phi) is 2.87. The maximum atomic E-state index is 10.1. The number of pyridine rings is 1. The van der Waals surface area contributed by atoms with Crippen LogP contribution in [0.5, 0.6) is 5.75 Å². The molecule has 1 heterocycles. The number of carboxylic acids is 1. The topological polar surface area (TPSA) is 70.4 Å². The lowest BCUT2D eigenvalue weighted by atomic mass is 10.2. The minimum Gasteiger partial charge on any atom is -0.506 e. The molecule has 0 bridgehead atoms. The summed E-state index contributed by atoms with van der Waals surface area (Å²) < 4.78 is 0. The molecule has 4 heteroatoms. The second kappa shape index (κ2) is 4.12. The SMILES string of the molecule is O=C(O)CC#Cc1cncc(O)c1. The molecule has 0 spiro atoms. The molecule has 0 fully saturated rings. The van der Waals surface area contributed by atoms with Crippen molar-refractivity contribution in [2.75, 3.05) is 0 Å². The zero-order valence-corrected chi connectivity index (χ0v) is 6.69. The molecule has 0 unspecified atom stereocenters. The molecule has 66 valence electrons. The molecule has 1 aromatic heterocycles. The Morgan fingerprint density at radius 3 is 2.92 bits per heavy atom. The van der Waals surface area contributed by atoms with Gasteiger partial charge in [0.15, 0.2) is 0 Å². The zero-order chi connectivity index (χ0) is 9.68. The van der Waals surface area contributed by atoms with Crippen molar-refractivity contribution >= 4 is 5.97 Å². The molecule has 0 amide bonds. The Hall–Kier alpha value is -2.02. The van der Waals surface area contributed by atoms with Gasteiger partial charge >= 0.3 is 5.97 Å². The maximum absolute atomic E-state index is 10.1. The molecule has 0 radical (unpaired) electrons. The fourth-order valence-corrected chi connectivity index (χ4v) is 0.718. The van der Waals surface area contributed by atoms with Gasteiger partial charge in [0, 0.05) is 11.8 Å². The quantitative estimate of drug-likeness (QED) is 0.616. The Balaban J connectivity index is 2.72. The zero-order valence-electron chi connectivity index (χ0n) is 6.69. The van der Waals surface area contributed by atoms with E-state index in [1.54, 1.807) is 0 Å². The number of carbonyl (C=O) groups is 1. The van der Waals surface area contributed by atoms with Gasteiger partial charge in [0.05, 0.1) is 6.20 Å². The van der Waals surface area contributed by atoms with Crippen molar-refractivity contribution in [1.82, 2.24) is 4.98 Å². The van der Waals surface area contributed by atoms with Crippen LogP contribution in [0.2, 0.25) is 0 Å². The lowest BCUT2D eigenvalue weighted by Crippen LogP contribution is -1.90. The summed E-state index contributed by atoms with van der Waals surface area (Å²) in [5, 5.41) is 17.3. The van der Waals surface area contributed by atoms with E-state index in [9.17, 15) is 4.79 Å². The first-order valence-electron chi connectivity index (χ1n) is 3.53. The predicted octanol–water partition coefficient (Wildman–Crippen LogP) is 0.613.